The summed E-state index contributed by atoms with van der Waals surface area (Å²) in [5.41, 5.74) is 1.52. The number of anilines is 2. The average Bonchev–Trinajstić information content (AvgIpc) is 1.82. The molecule has 1 fully saturated rings. The van der Waals surface area contributed by atoms with E-state index in [1.165, 1.54) is 119 Å². The summed E-state index contributed by atoms with van der Waals surface area (Å²) >= 11 is 0. The number of halogens is 2. The Morgan fingerprint density at radius 2 is 1.07 bits per heavy atom. The molecule has 2 N–H and O–H groups in total. The van der Waals surface area contributed by atoms with Crippen molar-refractivity contribution in [3.05, 3.63) is 113 Å². The lowest BCUT2D eigenvalue weighted by atomic mass is 9.92. The Morgan fingerprint density at radius 1 is 0.643 bits per heavy atom. The topological polar surface area (TPSA) is 271 Å². The summed E-state index contributed by atoms with van der Waals surface area (Å²) in [6, 6.07) is 14.9. The second kappa shape index (κ2) is 24.0. The zero-order valence-electron chi connectivity index (χ0n) is 48.8. The van der Waals surface area contributed by atoms with Crippen LogP contribution in [0.3, 0.4) is 0 Å². The third-order valence-electron chi connectivity index (χ3n) is 13.7. The average molecular weight is 1210 g/mol. The first-order valence-electron chi connectivity index (χ1n) is 26.0. The SMILES string of the molecule is CNC(=O)c1c(-c2ccc(F)cc2)oc2cc(N(C)S(C)(=O)=O)c(C3=C[C@@H](C(=O)OC)N(C(=O)OC(C)(C)C)C3)cc12.CNC(=O)c1c(-c2ccc(F)cc2)oc2cc(N(C)S(C)(=O)=O)c(C3C[C@@H](C(=O)OC)N(C(=O)OC(C)(C)C)C3)cc12.[HH]. The van der Waals surface area contributed by atoms with Gasteiger partial charge in [0.2, 0.25) is 20.0 Å². The largest absolute Gasteiger partial charge is 0.467 e. The first-order valence-corrected chi connectivity index (χ1v) is 29.7. The van der Waals surface area contributed by atoms with Crippen LogP contribution in [0.4, 0.5) is 29.7 Å². The molecule has 0 bridgehead atoms. The summed E-state index contributed by atoms with van der Waals surface area (Å²) in [4.78, 5) is 80.4. The fourth-order valence-corrected chi connectivity index (χ4v) is 10.6. The molecule has 3 atom stereocenters. The summed E-state index contributed by atoms with van der Waals surface area (Å²) < 4.78 is 113. The van der Waals surface area contributed by atoms with Crippen LogP contribution in [0, 0.1) is 11.6 Å². The van der Waals surface area contributed by atoms with Crippen LogP contribution in [0.5, 0.6) is 0 Å². The number of nitrogens with one attached hydrogen (secondary N) is 2. The maximum absolute atomic E-state index is 13.7. The third kappa shape index (κ3) is 13.4. The first-order chi connectivity index (χ1) is 39.1. The smallest absolute Gasteiger partial charge is 0.411 e. The molecule has 1 saturated heterocycles. The van der Waals surface area contributed by atoms with Gasteiger partial charge in [-0.05, 0) is 126 Å². The van der Waals surface area contributed by atoms with E-state index in [0.29, 0.717) is 38.6 Å². The second-order valence-corrected chi connectivity index (χ2v) is 25.9. The minimum atomic E-state index is -3.80. The number of carbonyl (C=O) groups is 6. The number of ether oxygens (including phenoxy) is 4. The van der Waals surface area contributed by atoms with E-state index in [2.05, 4.69) is 10.6 Å². The molecule has 452 valence electrons. The maximum atomic E-state index is 13.7. The van der Waals surface area contributed by atoms with Gasteiger partial charge in [-0.3, -0.25) is 28.0 Å². The molecular formula is C58H68F2N6O16S2. The molecule has 2 aromatic heterocycles. The lowest BCUT2D eigenvalue weighted by molar-refractivity contribution is -0.146. The van der Waals surface area contributed by atoms with Crippen LogP contribution in [0.25, 0.3) is 50.2 Å². The number of esters is 2. The molecule has 22 nitrogen and oxygen atoms in total. The summed E-state index contributed by atoms with van der Waals surface area (Å²) in [5, 5.41) is 5.88. The van der Waals surface area contributed by atoms with Gasteiger partial charge in [0.1, 0.15) is 51.6 Å². The number of likely N-dealkylation sites (tertiary alicyclic amines) is 1. The van der Waals surface area contributed by atoms with Gasteiger partial charge >= 0.3 is 24.1 Å². The van der Waals surface area contributed by atoms with Crippen molar-refractivity contribution in [2.24, 2.45) is 0 Å². The lowest BCUT2D eigenvalue weighted by Gasteiger charge is -2.27. The molecule has 84 heavy (non-hydrogen) atoms. The number of amides is 4. The Bertz CT molecular complexity index is 3830. The Morgan fingerprint density at radius 3 is 1.50 bits per heavy atom. The minimum Gasteiger partial charge on any atom is -0.467 e. The molecule has 0 saturated carbocycles. The number of furan rings is 2. The molecule has 4 aromatic carbocycles. The molecule has 2 aliphatic rings. The van der Waals surface area contributed by atoms with Gasteiger partial charge in [0.25, 0.3) is 11.8 Å². The molecule has 0 radical (unpaired) electrons. The number of benzene rings is 4. The highest BCUT2D eigenvalue weighted by molar-refractivity contribution is 7.92. The Labute approximate surface area is 486 Å². The molecule has 6 aromatic rings. The van der Waals surface area contributed by atoms with E-state index in [4.69, 9.17) is 27.8 Å². The fourth-order valence-electron chi connectivity index (χ4n) is 9.61. The number of carbonyl (C=O) groups excluding carboxylic acids is 6. The van der Waals surface area contributed by atoms with E-state index >= 15 is 0 Å². The van der Waals surface area contributed by atoms with Gasteiger partial charge in [0, 0.05) is 81.7 Å². The van der Waals surface area contributed by atoms with Gasteiger partial charge < -0.3 is 38.4 Å². The van der Waals surface area contributed by atoms with Crippen molar-refractivity contribution in [1.82, 2.24) is 20.4 Å². The molecule has 0 spiro atoms. The highest BCUT2D eigenvalue weighted by Crippen LogP contribution is 2.45. The number of methoxy groups -OCH3 is 2. The first kappa shape index (κ1) is 63.1. The predicted octanol–water partition coefficient (Wildman–Crippen LogP) is 8.68. The van der Waals surface area contributed by atoms with Crippen molar-refractivity contribution in [2.45, 2.75) is 77.2 Å². The molecule has 2 aliphatic heterocycles. The lowest BCUT2D eigenvalue weighted by Crippen LogP contribution is -2.44. The monoisotopic (exact) mass is 1210 g/mol. The Hall–Kier alpha value is -8.52. The number of hydrogen-bond acceptors (Lipinski definition) is 16. The molecule has 0 aliphatic carbocycles. The van der Waals surface area contributed by atoms with Crippen LogP contribution in [0.15, 0.2) is 87.7 Å². The van der Waals surface area contributed by atoms with Crippen LogP contribution in [0.1, 0.15) is 87.2 Å². The van der Waals surface area contributed by atoms with Crippen molar-refractivity contribution in [1.29, 1.82) is 0 Å². The van der Waals surface area contributed by atoms with Crippen LogP contribution >= 0.6 is 0 Å². The number of sulfonamides is 2. The highest BCUT2D eigenvalue weighted by Gasteiger charge is 2.45. The Kier molecular flexibility index (Phi) is 18.0. The zero-order chi connectivity index (χ0) is 62.3. The van der Waals surface area contributed by atoms with Gasteiger partial charge in [-0.1, -0.05) is 0 Å². The maximum Gasteiger partial charge on any atom is 0.411 e. The normalized spacial score (nSPS) is 16.3. The second-order valence-electron chi connectivity index (χ2n) is 21.9. The Balaban J connectivity index is 0.000000269. The quantitative estimate of drug-likeness (QED) is 0.0856. The summed E-state index contributed by atoms with van der Waals surface area (Å²) in [6.07, 6.45) is 2.19. The van der Waals surface area contributed by atoms with Crippen LogP contribution in [0.2, 0.25) is 0 Å². The predicted molar refractivity (Wildman–Crippen MR) is 311 cm³/mol. The standard InChI is InChI=1S/C29H34FN3O8S.C29H32FN3O8S.H2/c2*1-29(2,3)41-28(36)33-15-17(12-22(33)27(35)39-6)19-13-20-23(14-21(19)32(5)42(7,37)38)40-25(24(20)26(34)31-4)16-8-10-18(30)11-9-16;/h8-11,13-14,17,22H,12,15H2,1-7H3,(H,31,34);8-14,22H,15H2,1-7H3,(H,31,34);1H/t17?,22-;22-;/m00./s1. The van der Waals surface area contributed by atoms with Crippen molar-refractivity contribution in [3.63, 3.8) is 0 Å². The van der Waals surface area contributed by atoms with Gasteiger partial charge in [-0.2, -0.15) is 0 Å². The number of fused-ring (bicyclic) bond motifs is 2. The van der Waals surface area contributed by atoms with Crippen LogP contribution in [-0.4, -0.2) is 154 Å². The highest BCUT2D eigenvalue weighted by atomic mass is 32.2. The van der Waals surface area contributed by atoms with Crippen molar-refractivity contribution in [2.75, 3.05) is 76.6 Å². The van der Waals surface area contributed by atoms with E-state index in [1.807, 2.05) is 0 Å². The molecule has 8 rings (SSSR count). The van der Waals surface area contributed by atoms with E-state index in [9.17, 15) is 54.4 Å². The fraction of sp³-hybridized carbons (Fsp3) is 0.379. The van der Waals surface area contributed by atoms with Crippen LogP contribution < -0.4 is 19.2 Å². The molecule has 4 amide bonds. The van der Waals surface area contributed by atoms with Crippen molar-refractivity contribution in [3.8, 4) is 22.6 Å². The van der Waals surface area contributed by atoms with E-state index in [1.54, 1.807) is 53.7 Å². The summed E-state index contributed by atoms with van der Waals surface area (Å²) in [7, 11) is 0.465. The number of nitrogens with zero attached hydrogens (tertiary/aromatic N) is 4. The van der Waals surface area contributed by atoms with E-state index in [0.717, 1.165) is 21.1 Å². The number of rotatable bonds is 12. The summed E-state index contributed by atoms with van der Waals surface area (Å²) in [6.45, 7) is 10.1. The number of hydrogen-bond donors (Lipinski definition) is 2. The van der Waals surface area contributed by atoms with Gasteiger partial charge in [-0.25, -0.2) is 44.8 Å². The molecule has 26 heteroatoms. The van der Waals surface area contributed by atoms with Gasteiger partial charge in [-0.15, -0.1) is 0 Å². The minimum absolute atomic E-state index is 0. The molecule has 1 unspecified atom stereocenters. The van der Waals surface area contributed by atoms with Crippen molar-refractivity contribution < 1.29 is 83.6 Å². The van der Waals surface area contributed by atoms with E-state index in [-0.39, 0.29) is 66.1 Å². The summed E-state index contributed by atoms with van der Waals surface area (Å²) in [5.74, 6) is -3.50. The zero-order valence-corrected chi connectivity index (χ0v) is 50.4. The molecular weight excluding hydrogens is 1140 g/mol. The van der Waals surface area contributed by atoms with Crippen molar-refractivity contribution >= 4 is 94.9 Å². The third-order valence-corrected chi connectivity index (χ3v) is 16.1. The van der Waals surface area contributed by atoms with E-state index < -0.39 is 96.8 Å². The van der Waals surface area contributed by atoms with Crippen LogP contribution in [-0.2, 0) is 48.6 Å². The van der Waals surface area contributed by atoms with Gasteiger partial charge in [0.05, 0.1) is 55.8 Å². The van der Waals surface area contributed by atoms with Gasteiger partial charge in [0.15, 0.2) is 6.04 Å². The molecule has 4 heterocycles.